The number of aromatic amines is 1. The number of aromatic nitrogens is 3. The van der Waals surface area contributed by atoms with Gasteiger partial charge < -0.3 is 9.67 Å². The van der Waals surface area contributed by atoms with Crippen LogP contribution < -0.4 is 0 Å². The van der Waals surface area contributed by atoms with Crippen LogP contribution >= 0.6 is 23.8 Å². The Morgan fingerprint density at radius 3 is 2.71 bits per heavy atom. The molecule has 2 N–H and O–H groups in total. The van der Waals surface area contributed by atoms with Crippen LogP contribution in [0.25, 0.3) is 11.4 Å². The zero-order valence-corrected chi connectivity index (χ0v) is 10.6. The molecule has 90 valence electrons. The highest BCUT2D eigenvalue weighted by Gasteiger charge is 2.08. The van der Waals surface area contributed by atoms with Crippen LogP contribution in [0, 0.1) is 4.77 Å². The Kier molecular flexibility index (Phi) is 3.93. The average molecular weight is 270 g/mol. The van der Waals surface area contributed by atoms with Crippen molar-refractivity contribution in [2.75, 3.05) is 6.61 Å². The Morgan fingerprint density at radius 1 is 1.35 bits per heavy atom. The minimum atomic E-state index is 0.132. The van der Waals surface area contributed by atoms with Gasteiger partial charge in [-0.3, -0.25) is 5.10 Å². The quantitative estimate of drug-likeness (QED) is 0.839. The fourth-order valence-electron chi connectivity index (χ4n) is 1.57. The maximum atomic E-state index is 8.86. The first-order valence-electron chi connectivity index (χ1n) is 5.24. The van der Waals surface area contributed by atoms with E-state index >= 15 is 0 Å². The van der Waals surface area contributed by atoms with Crippen molar-refractivity contribution in [3.05, 3.63) is 34.1 Å². The summed E-state index contributed by atoms with van der Waals surface area (Å²) in [6.07, 6.45) is 0.647. The fraction of sp³-hybridized carbons (Fsp3) is 0.273. The Hall–Kier alpha value is -1.17. The van der Waals surface area contributed by atoms with E-state index in [1.54, 1.807) is 0 Å². The molecule has 0 spiro atoms. The smallest absolute Gasteiger partial charge is 0.195 e. The van der Waals surface area contributed by atoms with Gasteiger partial charge in [-0.1, -0.05) is 11.6 Å². The van der Waals surface area contributed by atoms with Crippen LogP contribution in [0.1, 0.15) is 6.42 Å². The van der Waals surface area contributed by atoms with E-state index in [2.05, 4.69) is 10.2 Å². The number of hydrogen-bond donors (Lipinski definition) is 2. The van der Waals surface area contributed by atoms with Crippen molar-refractivity contribution < 1.29 is 5.11 Å². The maximum Gasteiger partial charge on any atom is 0.195 e. The Balaban J connectivity index is 2.38. The average Bonchev–Trinajstić information content (AvgIpc) is 2.69. The van der Waals surface area contributed by atoms with Gasteiger partial charge in [-0.15, -0.1) is 0 Å². The summed E-state index contributed by atoms with van der Waals surface area (Å²) in [5, 5.41) is 16.5. The zero-order chi connectivity index (χ0) is 12.3. The summed E-state index contributed by atoms with van der Waals surface area (Å²) < 4.78 is 2.43. The van der Waals surface area contributed by atoms with Crippen LogP contribution in [0.2, 0.25) is 5.02 Å². The molecule has 2 aromatic rings. The van der Waals surface area contributed by atoms with Crippen LogP contribution in [0.3, 0.4) is 0 Å². The molecule has 6 heteroatoms. The number of halogens is 1. The van der Waals surface area contributed by atoms with Crippen LogP contribution in [-0.2, 0) is 6.54 Å². The van der Waals surface area contributed by atoms with E-state index in [1.807, 2.05) is 28.8 Å². The zero-order valence-electron chi connectivity index (χ0n) is 9.06. The van der Waals surface area contributed by atoms with Crippen molar-refractivity contribution >= 4 is 23.8 Å². The molecule has 1 aromatic heterocycles. The predicted octanol–water partition coefficient (Wildman–Crippen LogP) is 2.64. The molecule has 0 aliphatic carbocycles. The molecule has 0 saturated heterocycles. The third-order valence-electron chi connectivity index (χ3n) is 2.40. The first-order chi connectivity index (χ1) is 8.22. The minimum absolute atomic E-state index is 0.132. The van der Waals surface area contributed by atoms with E-state index in [1.165, 1.54) is 0 Å². The van der Waals surface area contributed by atoms with Gasteiger partial charge in [0.05, 0.1) is 0 Å². The van der Waals surface area contributed by atoms with E-state index in [4.69, 9.17) is 28.9 Å². The second-order valence-corrected chi connectivity index (χ2v) is 4.41. The van der Waals surface area contributed by atoms with Gasteiger partial charge in [-0.05, 0) is 42.9 Å². The van der Waals surface area contributed by atoms with Crippen LogP contribution in [0.15, 0.2) is 24.3 Å². The third kappa shape index (κ3) is 2.74. The summed E-state index contributed by atoms with van der Waals surface area (Å²) in [5.74, 6) is 0.764. The van der Waals surface area contributed by atoms with E-state index in [-0.39, 0.29) is 6.61 Å². The Morgan fingerprint density at radius 2 is 2.06 bits per heavy atom. The summed E-state index contributed by atoms with van der Waals surface area (Å²) in [4.78, 5) is 0. The SMILES string of the molecule is OCCCn1c(-c2ccc(Cl)cc2)n[nH]c1=S. The predicted molar refractivity (Wildman–Crippen MR) is 69.6 cm³/mol. The summed E-state index contributed by atoms with van der Waals surface area (Å²) >= 11 is 11.0. The second-order valence-electron chi connectivity index (χ2n) is 3.59. The fourth-order valence-corrected chi connectivity index (χ4v) is 1.92. The molecule has 0 fully saturated rings. The standard InChI is InChI=1S/C11H12ClN3OS/c12-9-4-2-8(3-5-9)10-13-14-11(17)15(10)6-1-7-16/h2-5,16H,1,6-7H2,(H,14,17). The van der Waals surface area contributed by atoms with Gasteiger partial charge >= 0.3 is 0 Å². The minimum Gasteiger partial charge on any atom is -0.396 e. The summed E-state index contributed by atoms with van der Waals surface area (Å²) in [7, 11) is 0. The molecule has 0 amide bonds. The topological polar surface area (TPSA) is 53.8 Å². The molecule has 2 rings (SSSR count). The molecule has 0 aliphatic rings. The normalized spacial score (nSPS) is 10.7. The van der Waals surface area contributed by atoms with E-state index in [0.29, 0.717) is 22.8 Å². The molecule has 0 unspecified atom stereocenters. The summed E-state index contributed by atoms with van der Waals surface area (Å²) in [6, 6.07) is 7.40. The molecule has 0 aliphatic heterocycles. The number of H-pyrrole nitrogens is 1. The first-order valence-corrected chi connectivity index (χ1v) is 6.03. The largest absolute Gasteiger partial charge is 0.396 e. The highest BCUT2D eigenvalue weighted by Crippen LogP contribution is 2.20. The first kappa shape index (κ1) is 12.3. The van der Waals surface area contributed by atoms with E-state index in [9.17, 15) is 0 Å². The maximum absolute atomic E-state index is 8.86. The van der Waals surface area contributed by atoms with Gasteiger partial charge in [0, 0.05) is 23.7 Å². The molecule has 0 atom stereocenters. The van der Waals surface area contributed by atoms with Crippen molar-refractivity contribution in [2.45, 2.75) is 13.0 Å². The molecule has 0 saturated carbocycles. The molecule has 4 nitrogen and oxygen atoms in total. The molecular formula is C11H12ClN3OS. The van der Waals surface area contributed by atoms with E-state index < -0.39 is 0 Å². The van der Waals surface area contributed by atoms with Crippen LogP contribution in [0.4, 0.5) is 0 Å². The lowest BCUT2D eigenvalue weighted by Gasteiger charge is -2.05. The monoisotopic (exact) mass is 269 g/mol. The number of nitrogens with zero attached hydrogens (tertiary/aromatic N) is 2. The van der Waals surface area contributed by atoms with Crippen molar-refractivity contribution in [2.24, 2.45) is 0 Å². The highest BCUT2D eigenvalue weighted by atomic mass is 35.5. The van der Waals surface area contributed by atoms with Crippen LogP contribution in [0.5, 0.6) is 0 Å². The third-order valence-corrected chi connectivity index (χ3v) is 2.96. The van der Waals surface area contributed by atoms with Crippen molar-refractivity contribution in [3.8, 4) is 11.4 Å². The highest BCUT2D eigenvalue weighted by molar-refractivity contribution is 7.71. The van der Waals surface area contributed by atoms with Gasteiger partial charge in [0.25, 0.3) is 0 Å². The molecule has 17 heavy (non-hydrogen) atoms. The second kappa shape index (κ2) is 5.44. The number of nitrogens with one attached hydrogen (secondary N) is 1. The van der Waals surface area contributed by atoms with Gasteiger partial charge in [-0.25, -0.2) is 0 Å². The number of aliphatic hydroxyl groups excluding tert-OH is 1. The van der Waals surface area contributed by atoms with Crippen molar-refractivity contribution in [1.82, 2.24) is 14.8 Å². The molecule has 0 radical (unpaired) electrons. The lowest BCUT2D eigenvalue weighted by molar-refractivity contribution is 0.279. The molecular weight excluding hydrogens is 258 g/mol. The molecule has 0 bridgehead atoms. The van der Waals surface area contributed by atoms with Gasteiger partial charge in [0.1, 0.15) is 0 Å². The van der Waals surface area contributed by atoms with Gasteiger partial charge in [0.2, 0.25) is 0 Å². The lowest BCUT2D eigenvalue weighted by atomic mass is 10.2. The number of hydrogen-bond acceptors (Lipinski definition) is 3. The van der Waals surface area contributed by atoms with Gasteiger partial charge in [-0.2, -0.15) is 5.10 Å². The van der Waals surface area contributed by atoms with Gasteiger partial charge in [0.15, 0.2) is 10.6 Å². The number of benzene rings is 1. The summed E-state index contributed by atoms with van der Waals surface area (Å²) in [5.41, 5.74) is 0.944. The van der Waals surface area contributed by atoms with E-state index in [0.717, 1.165) is 11.4 Å². The van der Waals surface area contributed by atoms with Crippen molar-refractivity contribution in [3.63, 3.8) is 0 Å². The molecule has 1 heterocycles. The number of aliphatic hydroxyl groups is 1. The van der Waals surface area contributed by atoms with Crippen LogP contribution in [-0.4, -0.2) is 26.5 Å². The summed E-state index contributed by atoms with van der Waals surface area (Å²) in [6.45, 7) is 0.775. The lowest BCUT2D eigenvalue weighted by Crippen LogP contribution is -2.02. The Labute approximate surface area is 109 Å². The van der Waals surface area contributed by atoms with Crippen molar-refractivity contribution in [1.29, 1.82) is 0 Å². The Bertz CT molecular complexity index is 547. The molecule has 1 aromatic carbocycles. The number of rotatable bonds is 4.